The first-order valence-electron chi connectivity index (χ1n) is 10.8. The van der Waals surface area contributed by atoms with Gasteiger partial charge >= 0.3 is 12.1 Å². The van der Waals surface area contributed by atoms with E-state index in [9.17, 15) is 18.0 Å². The summed E-state index contributed by atoms with van der Waals surface area (Å²) in [5, 5.41) is 0. The van der Waals surface area contributed by atoms with Crippen molar-refractivity contribution in [3.05, 3.63) is 29.8 Å². The quantitative estimate of drug-likeness (QED) is 0.315. The highest BCUT2D eigenvalue weighted by Gasteiger charge is 2.35. The largest absolute Gasteiger partial charge is 0.465 e. The Kier molecular flexibility index (Phi) is 7.92. The molecule has 0 aromatic heterocycles. The summed E-state index contributed by atoms with van der Waals surface area (Å²) in [7, 11) is -3.60. The number of carbonyl (C=O) groups is 2. The number of hydrogen-bond acceptors (Lipinski definition) is 8. The number of piperazine rings is 1. The molecular weight excluding hydrogens is 450 g/mol. The van der Waals surface area contributed by atoms with Gasteiger partial charge in [0.15, 0.2) is 0 Å². The Balaban J connectivity index is 1.53. The number of hydrogen-bond donors (Lipinski definition) is 1. The fourth-order valence-electron chi connectivity index (χ4n) is 3.90. The Morgan fingerprint density at radius 3 is 2.45 bits per heavy atom. The summed E-state index contributed by atoms with van der Waals surface area (Å²) in [5.74, 6) is -0.316. The highest BCUT2D eigenvalue weighted by atomic mass is 32.2. The van der Waals surface area contributed by atoms with E-state index in [4.69, 9.17) is 15.2 Å². The lowest BCUT2D eigenvalue weighted by Crippen LogP contribution is -2.53. The Bertz CT molecular complexity index is 989. The van der Waals surface area contributed by atoms with Gasteiger partial charge in [0, 0.05) is 44.0 Å². The van der Waals surface area contributed by atoms with Crippen molar-refractivity contribution in [2.75, 3.05) is 57.0 Å². The van der Waals surface area contributed by atoms with E-state index in [0.717, 1.165) is 32.4 Å². The van der Waals surface area contributed by atoms with Crippen LogP contribution in [-0.2, 0) is 24.3 Å². The van der Waals surface area contributed by atoms with Crippen LogP contribution in [0.5, 0.6) is 0 Å². The number of carbonyl (C=O) groups excluding carboxylic acids is 2. The number of amides is 1. The SMILES string of the molecule is CCOC(=O)C(C)N1CCN(CC2CN(c3ccc(C(N)=NS(C)(=O)=O)cc3)C(=O)O2)CC1. The Labute approximate surface area is 194 Å². The van der Waals surface area contributed by atoms with Crippen LogP contribution in [0.3, 0.4) is 0 Å². The second-order valence-corrected chi connectivity index (χ2v) is 9.79. The molecule has 0 spiro atoms. The molecule has 2 atom stereocenters. The topological polar surface area (TPSA) is 135 Å². The molecule has 0 radical (unpaired) electrons. The summed E-state index contributed by atoms with van der Waals surface area (Å²) in [6, 6.07) is 6.32. The maximum atomic E-state index is 12.4. The first-order valence-corrected chi connectivity index (χ1v) is 12.7. The van der Waals surface area contributed by atoms with Crippen LogP contribution in [0.25, 0.3) is 0 Å². The van der Waals surface area contributed by atoms with Crippen LogP contribution < -0.4 is 10.6 Å². The molecule has 3 rings (SSSR count). The van der Waals surface area contributed by atoms with Gasteiger partial charge in [-0.05, 0) is 38.1 Å². The number of rotatable bonds is 8. The maximum Gasteiger partial charge on any atom is 0.414 e. The number of nitrogens with zero attached hydrogens (tertiary/aromatic N) is 4. The van der Waals surface area contributed by atoms with Crippen molar-refractivity contribution in [3.63, 3.8) is 0 Å². The van der Waals surface area contributed by atoms with Gasteiger partial charge in [-0.3, -0.25) is 19.5 Å². The predicted molar refractivity (Wildman–Crippen MR) is 124 cm³/mol. The molecule has 2 fully saturated rings. The minimum atomic E-state index is -3.60. The van der Waals surface area contributed by atoms with Crippen LogP contribution in [0.2, 0.25) is 0 Å². The molecule has 1 aromatic carbocycles. The summed E-state index contributed by atoms with van der Waals surface area (Å²) in [6.45, 7) is 8.06. The zero-order valence-corrected chi connectivity index (χ0v) is 20.0. The van der Waals surface area contributed by atoms with Crippen LogP contribution in [0.1, 0.15) is 19.4 Å². The average Bonchev–Trinajstić information content (AvgIpc) is 3.12. The molecule has 33 heavy (non-hydrogen) atoms. The lowest BCUT2D eigenvalue weighted by Gasteiger charge is -2.37. The highest BCUT2D eigenvalue weighted by molar-refractivity contribution is 7.89. The third kappa shape index (κ3) is 6.65. The second-order valence-electron chi connectivity index (χ2n) is 8.14. The summed E-state index contributed by atoms with van der Waals surface area (Å²) in [5.41, 5.74) is 6.81. The summed E-state index contributed by atoms with van der Waals surface area (Å²) in [6.07, 6.45) is 0.262. The number of ether oxygens (including phenoxy) is 2. The number of cyclic esters (lactones) is 1. The fourth-order valence-corrected chi connectivity index (χ4v) is 4.37. The monoisotopic (exact) mass is 481 g/mol. The first-order chi connectivity index (χ1) is 15.6. The van der Waals surface area contributed by atoms with Crippen molar-refractivity contribution in [1.29, 1.82) is 0 Å². The molecule has 0 saturated carbocycles. The van der Waals surface area contributed by atoms with Crippen LogP contribution in [0.4, 0.5) is 10.5 Å². The van der Waals surface area contributed by atoms with E-state index < -0.39 is 16.1 Å². The zero-order chi connectivity index (χ0) is 24.2. The summed E-state index contributed by atoms with van der Waals surface area (Å²) < 4.78 is 36.7. The van der Waals surface area contributed by atoms with Gasteiger partial charge < -0.3 is 15.2 Å². The van der Waals surface area contributed by atoms with Crippen molar-refractivity contribution in [2.45, 2.75) is 26.0 Å². The normalized spacial score (nSPS) is 21.7. The molecule has 1 amide bonds. The molecule has 2 aliphatic rings. The van der Waals surface area contributed by atoms with Gasteiger partial charge in [0.2, 0.25) is 0 Å². The van der Waals surface area contributed by atoms with Crippen LogP contribution >= 0.6 is 0 Å². The molecule has 2 aliphatic heterocycles. The van der Waals surface area contributed by atoms with Crippen molar-refractivity contribution in [3.8, 4) is 0 Å². The van der Waals surface area contributed by atoms with Gasteiger partial charge in [0.1, 0.15) is 18.0 Å². The van der Waals surface area contributed by atoms with Crippen LogP contribution in [0.15, 0.2) is 28.7 Å². The van der Waals surface area contributed by atoms with Crippen molar-refractivity contribution in [1.82, 2.24) is 9.80 Å². The number of esters is 1. The van der Waals surface area contributed by atoms with E-state index in [-0.39, 0.29) is 24.0 Å². The van der Waals surface area contributed by atoms with Crippen molar-refractivity contribution in [2.24, 2.45) is 10.1 Å². The molecule has 1 aromatic rings. The first kappa shape index (κ1) is 24.9. The van der Waals surface area contributed by atoms with Crippen LogP contribution in [0, 0.1) is 0 Å². The van der Waals surface area contributed by atoms with Gasteiger partial charge in [-0.1, -0.05) is 0 Å². The standard InChI is InChI=1S/C21H31N5O6S/c1-4-31-20(27)15(2)25-11-9-24(10-12-25)13-18-14-26(21(28)32-18)17-7-5-16(6-8-17)19(22)23-33(3,29)30/h5-8,15,18H,4,9-14H2,1-3H3,(H2,22,23). The van der Waals surface area contributed by atoms with E-state index >= 15 is 0 Å². The number of anilines is 1. The van der Waals surface area contributed by atoms with E-state index in [0.29, 0.717) is 30.9 Å². The molecule has 12 heteroatoms. The van der Waals surface area contributed by atoms with E-state index in [1.165, 1.54) is 4.90 Å². The zero-order valence-electron chi connectivity index (χ0n) is 19.1. The van der Waals surface area contributed by atoms with E-state index in [1.807, 2.05) is 6.92 Å². The molecule has 0 aliphatic carbocycles. The van der Waals surface area contributed by atoms with E-state index in [1.54, 1.807) is 31.2 Å². The molecular formula is C21H31N5O6S. The van der Waals surface area contributed by atoms with Gasteiger partial charge in [-0.2, -0.15) is 0 Å². The molecule has 2 saturated heterocycles. The molecule has 2 heterocycles. The Hall–Kier alpha value is -2.70. The predicted octanol–water partition coefficient (Wildman–Crippen LogP) is 0.246. The van der Waals surface area contributed by atoms with Crippen LogP contribution in [-0.4, -0.2) is 100 Å². The number of sulfonamides is 1. The molecule has 2 unspecified atom stereocenters. The van der Waals surface area contributed by atoms with Gasteiger partial charge in [-0.15, -0.1) is 4.40 Å². The Morgan fingerprint density at radius 1 is 1.24 bits per heavy atom. The number of nitrogens with two attached hydrogens (primary N) is 1. The van der Waals surface area contributed by atoms with Crippen molar-refractivity contribution < 1.29 is 27.5 Å². The lowest BCUT2D eigenvalue weighted by molar-refractivity contribution is -0.149. The number of amidine groups is 1. The smallest absolute Gasteiger partial charge is 0.414 e. The molecule has 2 N–H and O–H groups in total. The third-order valence-electron chi connectivity index (χ3n) is 5.66. The Morgan fingerprint density at radius 2 is 1.88 bits per heavy atom. The second kappa shape index (κ2) is 10.5. The minimum Gasteiger partial charge on any atom is -0.465 e. The van der Waals surface area contributed by atoms with Gasteiger partial charge in [-0.25, -0.2) is 13.2 Å². The average molecular weight is 482 g/mol. The number of benzene rings is 1. The maximum absolute atomic E-state index is 12.4. The third-order valence-corrected chi connectivity index (χ3v) is 6.19. The van der Waals surface area contributed by atoms with Crippen molar-refractivity contribution >= 4 is 33.6 Å². The minimum absolute atomic E-state index is 0.109. The van der Waals surface area contributed by atoms with Gasteiger partial charge in [0.05, 0.1) is 19.4 Å². The highest BCUT2D eigenvalue weighted by Crippen LogP contribution is 2.23. The molecule has 11 nitrogen and oxygen atoms in total. The van der Waals surface area contributed by atoms with Gasteiger partial charge in [0.25, 0.3) is 10.0 Å². The molecule has 182 valence electrons. The summed E-state index contributed by atoms with van der Waals surface area (Å²) >= 11 is 0. The fraction of sp³-hybridized carbons (Fsp3) is 0.571. The lowest BCUT2D eigenvalue weighted by atomic mass is 10.1. The summed E-state index contributed by atoms with van der Waals surface area (Å²) in [4.78, 5) is 30.2. The van der Waals surface area contributed by atoms with E-state index in [2.05, 4.69) is 14.2 Å². The molecule has 0 bridgehead atoms.